The maximum atomic E-state index is 12.2. The topological polar surface area (TPSA) is 52.7 Å². The van der Waals surface area contributed by atoms with Crippen molar-refractivity contribution in [3.05, 3.63) is 35.2 Å². The van der Waals surface area contributed by atoms with Crippen LogP contribution in [0.3, 0.4) is 0 Å². The number of carbonyl (C=O) groups is 2. The van der Waals surface area contributed by atoms with Gasteiger partial charge in [0.25, 0.3) is 0 Å². The summed E-state index contributed by atoms with van der Waals surface area (Å²) < 4.78 is 1.30. The molecule has 2 heterocycles. The zero-order valence-corrected chi connectivity index (χ0v) is 14.8. The highest BCUT2D eigenvalue weighted by Crippen LogP contribution is 2.24. The summed E-state index contributed by atoms with van der Waals surface area (Å²) in [4.78, 5) is 28.5. The van der Waals surface area contributed by atoms with Crippen LogP contribution >= 0.6 is 11.3 Å². The average molecular weight is 345 g/mol. The maximum absolute atomic E-state index is 12.2. The fraction of sp³-hybridized carbons (Fsp3) is 0.444. The largest absolute Gasteiger partial charge is 0.339 e. The molecule has 1 fully saturated rings. The molecule has 3 rings (SSSR count). The third-order valence-electron chi connectivity index (χ3n) is 4.37. The van der Waals surface area contributed by atoms with Crippen LogP contribution in [0.1, 0.15) is 18.2 Å². The second-order valence-corrected chi connectivity index (χ2v) is 7.23. The van der Waals surface area contributed by atoms with E-state index in [1.54, 1.807) is 23.2 Å². The van der Waals surface area contributed by atoms with Gasteiger partial charge in [-0.3, -0.25) is 9.59 Å². The molecule has 2 aromatic rings. The van der Waals surface area contributed by atoms with Gasteiger partial charge < -0.3 is 15.1 Å². The average Bonchev–Trinajstić information content (AvgIpc) is 3.01. The van der Waals surface area contributed by atoms with E-state index in [1.807, 2.05) is 4.90 Å². The minimum atomic E-state index is 0.0899. The lowest BCUT2D eigenvalue weighted by molar-refractivity contribution is -0.138. The van der Waals surface area contributed by atoms with Crippen LogP contribution in [0.5, 0.6) is 0 Å². The van der Waals surface area contributed by atoms with Gasteiger partial charge in [-0.1, -0.05) is 18.2 Å². The number of amides is 2. The minimum absolute atomic E-state index is 0.0899. The van der Waals surface area contributed by atoms with Crippen molar-refractivity contribution in [2.75, 3.05) is 32.7 Å². The third-order valence-corrected chi connectivity index (χ3v) is 5.49. The summed E-state index contributed by atoms with van der Waals surface area (Å²) in [5.41, 5.74) is 0. The number of nitrogens with one attached hydrogen (secondary N) is 1. The summed E-state index contributed by atoms with van der Waals surface area (Å²) >= 11 is 1.79. The molecule has 0 radical (unpaired) electrons. The maximum Gasteiger partial charge on any atom is 0.223 e. The van der Waals surface area contributed by atoms with Crippen molar-refractivity contribution in [3.8, 4) is 0 Å². The Balaban J connectivity index is 1.38. The van der Waals surface area contributed by atoms with Crippen LogP contribution in [0.4, 0.5) is 0 Å². The molecule has 1 N–H and O–H groups in total. The highest BCUT2D eigenvalue weighted by atomic mass is 32.1. The van der Waals surface area contributed by atoms with E-state index in [0.717, 1.165) is 6.54 Å². The predicted molar refractivity (Wildman–Crippen MR) is 97.0 cm³/mol. The van der Waals surface area contributed by atoms with Gasteiger partial charge in [-0.15, -0.1) is 11.3 Å². The second-order valence-electron chi connectivity index (χ2n) is 6.06. The lowest BCUT2D eigenvalue weighted by Gasteiger charge is -2.34. The van der Waals surface area contributed by atoms with Gasteiger partial charge in [-0.25, -0.2) is 0 Å². The van der Waals surface area contributed by atoms with Gasteiger partial charge in [0, 0.05) is 62.2 Å². The van der Waals surface area contributed by atoms with Crippen molar-refractivity contribution >= 4 is 33.2 Å². The van der Waals surface area contributed by atoms with Crippen molar-refractivity contribution in [1.29, 1.82) is 0 Å². The first kappa shape index (κ1) is 16.9. The van der Waals surface area contributed by atoms with Crippen LogP contribution < -0.4 is 5.32 Å². The van der Waals surface area contributed by atoms with Crippen LogP contribution in [-0.2, 0) is 16.1 Å². The molecule has 6 heteroatoms. The van der Waals surface area contributed by atoms with E-state index in [-0.39, 0.29) is 11.8 Å². The molecule has 1 saturated heterocycles. The first-order chi connectivity index (χ1) is 11.6. The minimum Gasteiger partial charge on any atom is -0.339 e. The number of benzene rings is 1. The number of fused-ring (bicyclic) bond motifs is 1. The molecule has 0 unspecified atom stereocenters. The summed E-state index contributed by atoms with van der Waals surface area (Å²) in [5, 5.41) is 4.63. The smallest absolute Gasteiger partial charge is 0.223 e. The third kappa shape index (κ3) is 4.13. The SMILES string of the molecule is CC(=O)N1CCN(C(=O)CCNCc2cc3ccccc3s2)CC1. The van der Waals surface area contributed by atoms with E-state index in [0.29, 0.717) is 39.1 Å². The molecule has 1 aromatic heterocycles. The molecular formula is C18H23N3O2S. The number of hydrogen-bond acceptors (Lipinski definition) is 4. The molecule has 1 aliphatic rings. The number of piperazine rings is 1. The Labute approximate surface area is 146 Å². The Hall–Kier alpha value is -1.92. The van der Waals surface area contributed by atoms with Crippen LogP contribution in [0.2, 0.25) is 0 Å². The van der Waals surface area contributed by atoms with Crippen molar-refractivity contribution in [2.45, 2.75) is 19.9 Å². The lowest BCUT2D eigenvalue weighted by Crippen LogP contribution is -2.50. The summed E-state index contributed by atoms with van der Waals surface area (Å²) in [5.74, 6) is 0.258. The molecule has 1 aromatic carbocycles. The van der Waals surface area contributed by atoms with Crippen LogP contribution in [0.15, 0.2) is 30.3 Å². The number of nitrogens with zero attached hydrogens (tertiary/aromatic N) is 2. The van der Waals surface area contributed by atoms with Crippen molar-refractivity contribution in [2.24, 2.45) is 0 Å². The van der Waals surface area contributed by atoms with E-state index >= 15 is 0 Å². The molecule has 128 valence electrons. The van der Waals surface area contributed by atoms with Crippen molar-refractivity contribution in [1.82, 2.24) is 15.1 Å². The van der Waals surface area contributed by atoms with E-state index in [1.165, 1.54) is 15.0 Å². The van der Waals surface area contributed by atoms with Gasteiger partial charge in [0.2, 0.25) is 11.8 Å². The highest BCUT2D eigenvalue weighted by Gasteiger charge is 2.21. The van der Waals surface area contributed by atoms with E-state index in [4.69, 9.17) is 0 Å². The van der Waals surface area contributed by atoms with E-state index < -0.39 is 0 Å². The number of carbonyl (C=O) groups excluding carboxylic acids is 2. The molecule has 0 atom stereocenters. The highest BCUT2D eigenvalue weighted by molar-refractivity contribution is 7.19. The quantitative estimate of drug-likeness (QED) is 0.844. The molecule has 0 bridgehead atoms. The monoisotopic (exact) mass is 345 g/mol. The molecule has 24 heavy (non-hydrogen) atoms. The van der Waals surface area contributed by atoms with Gasteiger partial charge in [-0.2, -0.15) is 0 Å². The van der Waals surface area contributed by atoms with Gasteiger partial charge in [-0.05, 0) is 17.5 Å². The van der Waals surface area contributed by atoms with Gasteiger partial charge in [0.1, 0.15) is 0 Å². The Kier molecular flexibility index (Phi) is 5.48. The Bertz CT molecular complexity index is 687. The number of rotatable bonds is 5. The molecular weight excluding hydrogens is 322 g/mol. The molecule has 0 aliphatic carbocycles. The first-order valence-electron chi connectivity index (χ1n) is 8.35. The molecule has 5 nitrogen and oxygen atoms in total. The normalized spacial score (nSPS) is 15.0. The Morgan fingerprint density at radius 2 is 1.83 bits per heavy atom. The molecule has 0 saturated carbocycles. The summed E-state index contributed by atoms with van der Waals surface area (Å²) in [6.07, 6.45) is 0.505. The first-order valence-corrected chi connectivity index (χ1v) is 9.16. The number of hydrogen-bond donors (Lipinski definition) is 1. The summed E-state index contributed by atoms with van der Waals surface area (Å²) in [6.45, 7) is 5.65. The zero-order chi connectivity index (χ0) is 16.9. The summed E-state index contributed by atoms with van der Waals surface area (Å²) in [6, 6.07) is 10.6. The van der Waals surface area contributed by atoms with Gasteiger partial charge in [0.15, 0.2) is 0 Å². The van der Waals surface area contributed by atoms with Gasteiger partial charge >= 0.3 is 0 Å². The van der Waals surface area contributed by atoms with Gasteiger partial charge in [0.05, 0.1) is 0 Å². The molecule has 1 aliphatic heterocycles. The molecule has 0 spiro atoms. The van der Waals surface area contributed by atoms with Crippen LogP contribution in [0.25, 0.3) is 10.1 Å². The fourth-order valence-corrected chi connectivity index (χ4v) is 3.99. The molecule has 2 amide bonds. The summed E-state index contributed by atoms with van der Waals surface area (Å²) in [7, 11) is 0. The van der Waals surface area contributed by atoms with Crippen molar-refractivity contribution < 1.29 is 9.59 Å². The predicted octanol–water partition coefficient (Wildman–Crippen LogP) is 2.07. The standard InChI is InChI=1S/C18H23N3O2S/c1-14(22)20-8-10-21(11-9-20)18(23)6-7-19-13-16-12-15-4-2-3-5-17(15)24-16/h2-5,12,19H,6-11,13H2,1H3. The fourth-order valence-electron chi connectivity index (χ4n) is 2.96. The van der Waals surface area contributed by atoms with Crippen LogP contribution in [-0.4, -0.2) is 54.3 Å². The van der Waals surface area contributed by atoms with E-state index in [2.05, 4.69) is 35.6 Å². The van der Waals surface area contributed by atoms with Crippen LogP contribution in [0, 0.1) is 0 Å². The Morgan fingerprint density at radius 1 is 1.12 bits per heavy atom. The second kappa shape index (κ2) is 7.77. The van der Waals surface area contributed by atoms with E-state index in [9.17, 15) is 9.59 Å². The zero-order valence-electron chi connectivity index (χ0n) is 14.0. The number of thiophene rings is 1. The van der Waals surface area contributed by atoms with Crippen molar-refractivity contribution in [3.63, 3.8) is 0 Å². The Morgan fingerprint density at radius 3 is 2.54 bits per heavy atom. The lowest BCUT2D eigenvalue weighted by atomic mass is 10.2.